The highest BCUT2D eigenvalue weighted by molar-refractivity contribution is 7.09. The van der Waals surface area contributed by atoms with Gasteiger partial charge in [0.15, 0.2) is 0 Å². The number of rotatable bonds is 9. The van der Waals surface area contributed by atoms with E-state index in [1.54, 1.807) is 35.6 Å². The Bertz CT molecular complexity index is 759. The lowest BCUT2D eigenvalue weighted by Crippen LogP contribution is -2.31. The number of nitrogens with one attached hydrogen (secondary N) is 2. The standard InChI is InChI=1S/C19H22N2O4S/c1-13(19(24)25)12-20-18(23)14-5-2-6-15(11-14)21-17(22)9-3-7-16-8-4-10-26-16/h2,4-6,8,10-11,13H,3,7,9,12H2,1H3,(H,20,23)(H,21,22)(H,24,25). The first-order valence-electron chi connectivity index (χ1n) is 8.39. The lowest BCUT2D eigenvalue weighted by Gasteiger charge is -2.10. The van der Waals surface area contributed by atoms with Gasteiger partial charge >= 0.3 is 5.97 Å². The van der Waals surface area contributed by atoms with Gasteiger partial charge in [-0.15, -0.1) is 11.3 Å². The highest BCUT2D eigenvalue weighted by Gasteiger charge is 2.13. The van der Waals surface area contributed by atoms with Crippen LogP contribution in [0.2, 0.25) is 0 Å². The van der Waals surface area contributed by atoms with E-state index in [9.17, 15) is 14.4 Å². The van der Waals surface area contributed by atoms with Crippen LogP contribution >= 0.6 is 11.3 Å². The summed E-state index contributed by atoms with van der Waals surface area (Å²) in [6.45, 7) is 1.57. The van der Waals surface area contributed by atoms with Crippen LogP contribution in [0.4, 0.5) is 5.69 Å². The predicted molar refractivity (Wildman–Crippen MR) is 101 cm³/mol. The Kier molecular flexibility index (Phi) is 7.35. The molecule has 0 aliphatic carbocycles. The van der Waals surface area contributed by atoms with Gasteiger partial charge in [-0.2, -0.15) is 0 Å². The number of carboxylic acids is 1. The highest BCUT2D eigenvalue weighted by atomic mass is 32.1. The van der Waals surface area contributed by atoms with E-state index in [-0.39, 0.29) is 18.4 Å². The van der Waals surface area contributed by atoms with Crippen molar-refractivity contribution in [2.24, 2.45) is 5.92 Å². The van der Waals surface area contributed by atoms with Gasteiger partial charge in [-0.1, -0.05) is 19.1 Å². The molecule has 7 heteroatoms. The molecule has 0 bridgehead atoms. The molecule has 138 valence electrons. The second kappa shape index (κ2) is 9.72. The number of aliphatic carboxylic acids is 1. The summed E-state index contributed by atoms with van der Waals surface area (Å²) in [6.07, 6.45) is 2.04. The minimum atomic E-state index is -0.964. The van der Waals surface area contributed by atoms with Crippen molar-refractivity contribution in [1.29, 1.82) is 0 Å². The van der Waals surface area contributed by atoms with Gasteiger partial charge in [-0.25, -0.2) is 0 Å². The molecular formula is C19H22N2O4S. The van der Waals surface area contributed by atoms with Gasteiger partial charge in [0.1, 0.15) is 0 Å². The van der Waals surface area contributed by atoms with Crippen LogP contribution in [0.5, 0.6) is 0 Å². The van der Waals surface area contributed by atoms with E-state index in [1.165, 1.54) is 11.8 Å². The third kappa shape index (κ3) is 6.33. The number of benzene rings is 1. The van der Waals surface area contributed by atoms with Crippen LogP contribution in [-0.4, -0.2) is 29.4 Å². The minimum Gasteiger partial charge on any atom is -0.481 e. The van der Waals surface area contributed by atoms with Crippen LogP contribution in [0.15, 0.2) is 41.8 Å². The van der Waals surface area contributed by atoms with Crippen molar-refractivity contribution in [1.82, 2.24) is 5.32 Å². The topological polar surface area (TPSA) is 95.5 Å². The molecule has 0 fully saturated rings. The molecule has 2 amide bonds. The molecule has 1 heterocycles. The minimum absolute atomic E-state index is 0.0491. The Labute approximate surface area is 156 Å². The van der Waals surface area contributed by atoms with Crippen molar-refractivity contribution in [3.8, 4) is 0 Å². The van der Waals surface area contributed by atoms with E-state index in [0.29, 0.717) is 17.7 Å². The number of anilines is 1. The zero-order valence-electron chi connectivity index (χ0n) is 14.5. The van der Waals surface area contributed by atoms with Gasteiger partial charge in [0.2, 0.25) is 5.91 Å². The van der Waals surface area contributed by atoms with Gasteiger partial charge in [0.25, 0.3) is 5.91 Å². The molecule has 1 aromatic heterocycles. The van der Waals surface area contributed by atoms with E-state index < -0.39 is 11.9 Å². The molecule has 0 saturated carbocycles. The molecule has 1 atom stereocenters. The number of hydrogen-bond donors (Lipinski definition) is 3. The number of carbonyl (C=O) groups excluding carboxylic acids is 2. The number of thiophene rings is 1. The van der Waals surface area contributed by atoms with Gasteiger partial charge in [-0.05, 0) is 42.5 Å². The van der Waals surface area contributed by atoms with E-state index in [2.05, 4.69) is 16.7 Å². The molecule has 6 nitrogen and oxygen atoms in total. The molecule has 0 aliphatic rings. The lowest BCUT2D eigenvalue weighted by molar-refractivity contribution is -0.140. The van der Waals surface area contributed by atoms with Crippen LogP contribution in [0, 0.1) is 5.92 Å². The van der Waals surface area contributed by atoms with Crippen LogP contribution < -0.4 is 10.6 Å². The molecule has 1 unspecified atom stereocenters. The van der Waals surface area contributed by atoms with Gasteiger partial charge in [-0.3, -0.25) is 14.4 Å². The maximum atomic E-state index is 12.1. The maximum absolute atomic E-state index is 12.1. The Morgan fingerprint density at radius 1 is 1.19 bits per heavy atom. The zero-order chi connectivity index (χ0) is 18.9. The quantitative estimate of drug-likeness (QED) is 0.628. The Morgan fingerprint density at radius 3 is 2.69 bits per heavy atom. The number of amides is 2. The molecule has 1 aromatic carbocycles. The fourth-order valence-electron chi connectivity index (χ4n) is 2.27. The van der Waals surface area contributed by atoms with Crippen LogP contribution in [0.3, 0.4) is 0 Å². The summed E-state index contributed by atoms with van der Waals surface area (Å²) in [7, 11) is 0. The van der Waals surface area contributed by atoms with Gasteiger partial charge in [0, 0.05) is 29.1 Å². The van der Waals surface area contributed by atoms with Crippen LogP contribution in [0.1, 0.15) is 35.0 Å². The molecule has 2 rings (SSSR count). The largest absolute Gasteiger partial charge is 0.481 e. The van der Waals surface area contributed by atoms with E-state index in [0.717, 1.165) is 12.8 Å². The number of hydrogen-bond acceptors (Lipinski definition) is 4. The molecular weight excluding hydrogens is 352 g/mol. The highest BCUT2D eigenvalue weighted by Crippen LogP contribution is 2.14. The summed E-state index contributed by atoms with van der Waals surface area (Å²) in [5.41, 5.74) is 0.920. The summed E-state index contributed by atoms with van der Waals surface area (Å²) in [5, 5.41) is 16.2. The van der Waals surface area contributed by atoms with Crippen molar-refractivity contribution >= 4 is 34.8 Å². The summed E-state index contributed by atoms with van der Waals surface area (Å²) in [4.78, 5) is 36.2. The summed E-state index contributed by atoms with van der Waals surface area (Å²) in [6, 6.07) is 10.6. The van der Waals surface area contributed by atoms with Gasteiger partial charge in [0.05, 0.1) is 5.92 Å². The summed E-state index contributed by atoms with van der Waals surface area (Å²) >= 11 is 1.68. The van der Waals surface area contributed by atoms with E-state index in [4.69, 9.17) is 5.11 Å². The summed E-state index contributed by atoms with van der Waals surface area (Å²) < 4.78 is 0. The first-order chi connectivity index (χ1) is 12.5. The van der Waals surface area contributed by atoms with E-state index in [1.807, 2.05) is 11.4 Å². The monoisotopic (exact) mass is 374 g/mol. The average molecular weight is 374 g/mol. The van der Waals surface area contributed by atoms with Crippen LogP contribution in [-0.2, 0) is 16.0 Å². The number of carbonyl (C=O) groups is 3. The summed E-state index contributed by atoms with van der Waals surface area (Å²) in [5.74, 6) is -2.09. The smallest absolute Gasteiger partial charge is 0.308 e. The zero-order valence-corrected chi connectivity index (χ0v) is 15.3. The second-order valence-corrected chi connectivity index (χ2v) is 7.04. The third-order valence-electron chi connectivity index (χ3n) is 3.81. The van der Waals surface area contributed by atoms with Crippen molar-refractivity contribution in [2.75, 3.05) is 11.9 Å². The lowest BCUT2D eigenvalue weighted by atomic mass is 10.1. The Morgan fingerprint density at radius 2 is 2.00 bits per heavy atom. The molecule has 0 radical (unpaired) electrons. The second-order valence-electron chi connectivity index (χ2n) is 6.01. The molecule has 3 N–H and O–H groups in total. The SMILES string of the molecule is CC(CNC(=O)c1cccc(NC(=O)CCCc2cccs2)c1)C(=O)O. The first-order valence-corrected chi connectivity index (χ1v) is 9.27. The molecule has 0 spiro atoms. The normalized spacial score (nSPS) is 11.6. The van der Waals surface area contributed by atoms with Gasteiger partial charge < -0.3 is 15.7 Å². The fourth-order valence-corrected chi connectivity index (χ4v) is 3.03. The van der Waals surface area contributed by atoms with Crippen molar-refractivity contribution in [3.05, 3.63) is 52.2 Å². The average Bonchev–Trinajstić information content (AvgIpc) is 3.12. The molecule has 0 saturated heterocycles. The van der Waals surface area contributed by atoms with Crippen molar-refractivity contribution in [3.63, 3.8) is 0 Å². The van der Waals surface area contributed by atoms with E-state index >= 15 is 0 Å². The number of carboxylic acid groups (broad SMARTS) is 1. The van der Waals surface area contributed by atoms with Crippen LogP contribution in [0.25, 0.3) is 0 Å². The Balaban J connectivity index is 1.82. The third-order valence-corrected chi connectivity index (χ3v) is 4.74. The molecule has 0 aliphatic heterocycles. The fraction of sp³-hybridized carbons (Fsp3) is 0.316. The predicted octanol–water partition coefficient (Wildman–Crippen LogP) is 3.16. The molecule has 2 aromatic rings. The first kappa shape index (κ1) is 19.7. The molecule has 26 heavy (non-hydrogen) atoms. The maximum Gasteiger partial charge on any atom is 0.308 e. The Hall–Kier alpha value is -2.67. The number of aryl methyl sites for hydroxylation is 1. The van der Waals surface area contributed by atoms with Crippen molar-refractivity contribution < 1.29 is 19.5 Å². The van der Waals surface area contributed by atoms with Crippen molar-refractivity contribution in [2.45, 2.75) is 26.2 Å².